The maximum absolute atomic E-state index is 5.69. The van der Waals surface area contributed by atoms with E-state index in [4.69, 9.17) is 4.74 Å². The van der Waals surface area contributed by atoms with Crippen molar-refractivity contribution >= 4 is 0 Å². The molecule has 0 radical (unpaired) electrons. The van der Waals surface area contributed by atoms with Gasteiger partial charge in [-0.05, 0) is 51.0 Å². The van der Waals surface area contributed by atoms with Crippen molar-refractivity contribution in [2.75, 3.05) is 32.8 Å². The van der Waals surface area contributed by atoms with E-state index in [1.165, 1.54) is 51.6 Å². The second-order valence-corrected chi connectivity index (χ2v) is 7.23. The van der Waals surface area contributed by atoms with Crippen LogP contribution in [0.1, 0.15) is 59.3 Å². The molecule has 0 aromatic rings. The number of nitrogens with zero attached hydrogens (tertiary/aromatic N) is 1. The predicted molar refractivity (Wildman–Crippen MR) is 89.7 cm³/mol. The van der Waals surface area contributed by atoms with Gasteiger partial charge in [-0.2, -0.15) is 0 Å². The third kappa shape index (κ3) is 5.54. The van der Waals surface area contributed by atoms with Crippen molar-refractivity contribution in [3.63, 3.8) is 0 Å². The molecule has 1 heterocycles. The van der Waals surface area contributed by atoms with Gasteiger partial charge in [0.1, 0.15) is 0 Å². The van der Waals surface area contributed by atoms with Crippen LogP contribution >= 0.6 is 0 Å². The van der Waals surface area contributed by atoms with Crippen molar-refractivity contribution in [2.24, 2.45) is 11.8 Å². The molecule has 1 saturated heterocycles. The molecule has 2 aliphatic rings. The highest BCUT2D eigenvalue weighted by atomic mass is 16.5. The Bertz CT molecular complexity index is 284. The Hall–Kier alpha value is -0.120. The predicted octanol–water partition coefficient (Wildman–Crippen LogP) is 3.29. The molecule has 1 aliphatic heterocycles. The van der Waals surface area contributed by atoms with Crippen LogP contribution in [0.4, 0.5) is 0 Å². The summed E-state index contributed by atoms with van der Waals surface area (Å²) in [6, 6.07) is 0.746. The summed E-state index contributed by atoms with van der Waals surface area (Å²) in [4.78, 5) is 2.65. The summed E-state index contributed by atoms with van der Waals surface area (Å²) in [5.74, 6) is 1.81. The smallest absolute Gasteiger partial charge is 0.0674 e. The van der Waals surface area contributed by atoms with Crippen LogP contribution in [-0.2, 0) is 4.74 Å². The Morgan fingerprint density at radius 2 is 2.05 bits per heavy atom. The fraction of sp³-hybridized carbons (Fsp3) is 1.00. The molecule has 4 atom stereocenters. The summed E-state index contributed by atoms with van der Waals surface area (Å²) in [6.45, 7) is 12.4. The summed E-state index contributed by atoms with van der Waals surface area (Å²) in [5, 5.41) is 3.83. The molecule has 1 N–H and O–H groups in total. The average Bonchev–Trinajstić information content (AvgIpc) is 2.47. The number of rotatable bonds is 7. The number of hydrogen-bond acceptors (Lipinski definition) is 3. The number of morpholine rings is 1. The molecule has 21 heavy (non-hydrogen) atoms. The molecule has 3 nitrogen and oxygen atoms in total. The Morgan fingerprint density at radius 3 is 2.76 bits per heavy atom. The standard InChI is InChI=1S/C18H36N2O/c1-4-6-16-7-8-18(19-9-5-2)17(12-16)14-20-10-11-21-15(3)13-20/h15-19H,4-14H2,1-3H3. The molecule has 2 rings (SSSR count). The zero-order valence-electron chi connectivity index (χ0n) is 14.4. The minimum absolute atomic E-state index is 0.413. The summed E-state index contributed by atoms with van der Waals surface area (Å²) < 4.78 is 5.69. The summed E-state index contributed by atoms with van der Waals surface area (Å²) >= 11 is 0. The van der Waals surface area contributed by atoms with Gasteiger partial charge in [0.25, 0.3) is 0 Å². The van der Waals surface area contributed by atoms with Gasteiger partial charge < -0.3 is 10.1 Å². The number of nitrogens with one attached hydrogen (secondary N) is 1. The van der Waals surface area contributed by atoms with E-state index < -0.39 is 0 Å². The van der Waals surface area contributed by atoms with Crippen molar-refractivity contribution in [2.45, 2.75) is 71.4 Å². The molecule has 0 spiro atoms. The van der Waals surface area contributed by atoms with Crippen molar-refractivity contribution in [3.8, 4) is 0 Å². The molecule has 4 unspecified atom stereocenters. The maximum atomic E-state index is 5.69. The zero-order chi connectivity index (χ0) is 15.1. The quantitative estimate of drug-likeness (QED) is 0.780. The van der Waals surface area contributed by atoms with Gasteiger partial charge in [-0.15, -0.1) is 0 Å². The first-order valence-corrected chi connectivity index (χ1v) is 9.30. The Morgan fingerprint density at radius 1 is 1.19 bits per heavy atom. The maximum Gasteiger partial charge on any atom is 0.0674 e. The van der Waals surface area contributed by atoms with Gasteiger partial charge in [0, 0.05) is 25.7 Å². The Labute approximate surface area is 131 Å². The lowest BCUT2D eigenvalue weighted by atomic mass is 9.76. The highest BCUT2D eigenvalue weighted by molar-refractivity contribution is 4.87. The lowest BCUT2D eigenvalue weighted by Gasteiger charge is -2.41. The summed E-state index contributed by atoms with van der Waals surface area (Å²) in [7, 11) is 0. The molecule has 0 amide bonds. The fourth-order valence-corrected chi connectivity index (χ4v) is 4.22. The fourth-order valence-electron chi connectivity index (χ4n) is 4.22. The molecule has 3 heteroatoms. The molecule has 1 saturated carbocycles. The van der Waals surface area contributed by atoms with Crippen LogP contribution < -0.4 is 5.32 Å². The van der Waals surface area contributed by atoms with E-state index in [2.05, 4.69) is 31.0 Å². The van der Waals surface area contributed by atoms with Crippen LogP contribution in [0.5, 0.6) is 0 Å². The summed E-state index contributed by atoms with van der Waals surface area (Å²) in [6.07, 6.45) is 8.68. The third-order valence-corrected chi connectivity index (χ3v) is 5.26. The van der Waals surface area contributed by atoms with Crippen molar-refractivity contribution in [3.05, 3.63) is 0 Å². The molecular weight excluding hydrogens is 260 g/mol. The van der Waals surface area contributed by atoms with Crippen LogP contribution in [-0.4, -0.2) is 49.8 Å². The second-order valence-electron chi connectivity index (χ2n) is 7.23. The van der Waals surface area contributed by atoms with Gasteiger partial charge in [-0.1, -0.05) is 26.7 Å². The highest BCUT2D eigenvalue weighted by Crippen LogP contribution is 2.33. The first kappa shape index (κ1) is 17.2. The molecule has 0 bridgehead atoms. The first-order chi connectivity index (χ1) is 10.2. The molecule has 2 fully saturated rings. The van der Waals surface area contributed by atoms with E-state index in [0.717, 1.165) is 37.6 Å². The van der Waals surface area contributed by atoms with Gasteiger partial charge in [0.2, 0.25) is 0 Å². The third-order valence-electron chi connectivity index (χ3n) is 5.26. The normalized spacial score (nSPS) is 35.0. The lowest BCUT2D eigenvalue weighted by Crippen LogP contribution is -2.49. The van der Waals surface area contributed by atoms with Gasteiger partial charge in [0.15, 0.2) is 0 Å². The van der Waals surface area contributed by atoms with E-state index in [-0.39, 0.29) is 0 Å². The topological polar surface area (TPSA) is 24.5 Å². The Balaban J connectivity index is 1.88. The summed E-state index contributed by atoms with van der Waals surface area (Å²) in [5.41, 5.74) is 0. The zero-order valence-corrected chi connectivity index (χ0v) is 14.4. The van der Waals surface area contributed by atoms with Gasteiger partial charge >= 0.3 is 0 Å². The molecule has 1 aliphatic carbocycles. The van der Waals surface area contributed by atoms with E-state index in [1.54, 1.807) is 0 Å². The second kappa shape index (κ2) is 9.12. The lowest BCUT2D eigenvalue weighted by molar-refractivity contribution is -0.0281. The van der Waals surface area contributed by atoms with E-state index in [9.17, 15) is 0 Å². The van der Waals surface area contributed by atoms with Gasteiger partial charge in [0.05, 0.1) is 12.7 Å². The van der Waals surface area contributed by atoms with Gasteiger partial charge in [-0.3, -0.25) is 4.90 Å². The van der Waals surface area contributed by atoms with Crippen LogP contribution in [0, 0.1) is 11.8 Å². The molecule has 124 valence electrons. The van der Waals surface area contributed by atoms with E-state index >= 15 is 0 Å². The van der Waals surface area contributed by atoms with Crippen molar-refractivity contribution in [1.82, 2.24) is 10.2 Å². The monoisotopic (exact) mass is 296 g/mol. The first-order valence-electron chi connectivity index (χ1n) is 9.30. The van der Waals surface area contributed by atoms with Crippen molar-refractivity contribution < 1.29 is 4.74 Å². The van der Waals surface area contributed by atoms with Gasteiger partial charge in [-0.25, -0.2) is 0 Å². The minimum atomic E-state index is 0.413. The molecule has 0 aromatic carbocycles. The van der Waals surface area contributed by atoms with Crippen LogP contribution in [0.3, 0.4) is 0 Å². The van der Waals surface area contributed by atoms with E-state index in [0.29, 0.717) is 6.10 Å². The van der Waals surface area contributed by atoms with Crippen LogP contribution in [0.15, 0.2) is 0 Å². The average molecular weight is 296 g/mol. The van der Waals surface area contributed by atoms with E-state index in [1.807, 2.05) is 0 Å². The SMILES string of the molecule is CCCNC1CCC(CCC)CC1CN1CCOC(C)C1. The largest absolute Gasteiger partial charge is 0.376 e. The molecule has 0 aromatic heterocycles. The highest BCUT2D eigenvalue weighted by Gasteiger charge is 2.31. The minimum Gasteiger partial charge on any atom is -0.376 e. The van der Waals surface area contributed by atoms with Crippen LogP contribution in [0.2, 0.25) is 0 Å². The number of ether oxygens (including phenoxy) is 1. The van der Waals surface area contributed by atoms with Crippen LogP contribution in [0.25, 0.3) is 0 Å². The van der Waals surface area contributed by atoms with Crippen molar-refractivity contribution in [1.29, 1.82) is 0 Å². The Kier molecular flexibility index (Phi) is 7.48. The number of hydrogen-bond donors (Lipinski definition) is 1. The molecular formula is C18H36N2O.